The number of esters is 1. The fourth-order valence-electron chi connectivity index (χ4n) is 1.73. The standard InChI is InChI=1S/C13H21NO3S/c1-9(8-18-4)6-14-7-11-5-12(10(2)17-11)13(15)16-3/h5,9,14H,6-8H2,1-4H3. The molecule has 0 bridgehead atoms. The van der Waals surface area contributed by atoms with E-state index in [1.165, 1.54) is 7.11 Å². The number of carbonyl (C=O) groups excluding carboxylic acids is 1. The molecule has 4 nitrogen and oxygen atoms in total. The van der Waals surface area contributed by atoms with Gasteiger partial charge in [-0.2, -0.15) is 11.8 Å². The molecular formula is C13H21NO3S. The average molecular weight is 271 g/mol. The maximum absolute atomic E-state index is 11.4. The van der Waals surface area contributed by atoms with Crippen LogP contribution in [0.4, 0.5) is 0 Å². The van der Waals surface area contributed by atoms with Gasteiger partial charge in [-0.05, 0) is 37.5 Å². The molecule has 0 radical (unpaired) electrons. The first-order valence-corrected chi connectivity index (χ1v) is 7.35. The molecule has 18 heavy (non-hydrogen) atoms. The molecule has 1 atom stereocenters. The van der Waals surface area contributed by atoms with Gasteiger partial charge in [0, 0.05) is 0 Å². The van der Waals surface area contributed by atoms with Gasteiger partial charge in [0.15, 0.2) is 0 Å². The Morgan fingerprint density at radius 1 is 1.61 bits per heavy atom. The Balaban J connectivity index is 2.46. The summed E-state index contributed by atoms with van der Waals surface area (Å²) in [5.41, 5.74) is 0.506. The first-order chi connectivity index (χ1) is 8.58. The van der Waals surface area contributed by atoms with Gasteiger partial charge < -0.3 is 14.5 Å². The zero-order valence-electron chi connectivity index (χ0n) is 11.4. The number of furan rings is 1. The predicted octanol–water partition coefficient (Wildman–Crippen LogP) is 2.46. The molecule has 1 aromatic rings. The summed E-state index contributed by atoms with van der Waals surface area (Å²) in [4.78, 5) is 11.4. The van der Waals surface area contributed by atoms with Crippen LogP contribution in [0.5, 0.6) is 0 Å². The molecule has 0 saturated carbocycles. The van der Waals surface area contributed by atoms with Crippen LogP contribution in [-0.2, 0) is 11.3 Å². The first-order valence-electron chi connectivity index (χ1n) is 5.95. The molecule has 0 aliphatic carbocycles. The highest BCUT2D eigenvalue weighted by atomic mass is 32.2. The highest BCUT2D eigenvalue weighted by Crippen LogP contribution is 2.15. The molecule has 1 aromatic heterocycles. The van der Waals surface area contributed by atoms with Crippen LogP contribution < -0.4 is 5.32 Å². The number of rotatable bonds is 7. The van der Waals surface area contributed by atoms with Gasteiger partial charge >= 0.3 is 5.97 Å². The minimum absolute atomic E-state index is 0.349. The van der Waals surface area contributed by atoms with Gasteiger partial charge in [0.25, 0.3) is 0 Å². The van der Waals surface area contributed by atoms with Crippen molar-refractivity contribution in [1.29, 1.82) is 0 Å². The van der Waals surface area contributed by atoms with E-state index in [1.807, 2.05) is 11.8 Å². The minimum atomic E-state index is -0.349. The van der Waals surface area contributed by atoms with E-state index >= 15 is 0 Å². The fraction of sp³-hybridized carbons (Fsp3) is 0.615. The normalized spacial score (nSPS) is 12.4. The molecular weight excluding hydrogens is 250 g/mol. The summed E-state index contributed by atoms with van der Waals surface area (Å²) in [6, 6.07) is 1.74. The predicted molar refractivity (Wildman–Crippen MR) is 74.0 cm³/mol. The van der Waals surface area contributed by atoms with E-state index in [9.17, 15) is 4.79 Å². The average Bonchev–Trinajstić information content (AvgIpc) is 2.70. The van der Waals surface area contributed by atoms with Crippen molar-refractivity contribution in [3.05, 3.63) is 23.2 Å². The van der Waals surface area contributed by atoms with E-state index in [2.05, 4.69) is 23.2 Å². The summed E-state index contributed by atoms with van der Waals surface area (Å²) < 4.78 is 10.2. The van der Waals surface area contributed by atoms with Crippen LogP contribution in [0.1, 0.15) is 28.8 Å². The quantitative estimate of drug-likeness (QED) is 0.772. The number of methoxy groups -OCH3 is 1. The lowest BCUT2D eigenvalue weighted by atomic mass is 10.2. The summed E-state index contributed by atoms with van der Waals surface area (Å²) in [6.45, 7) is 5.55. The zero-order valence-corrected chi connectivity index (χ0v) is 12.2. The van der Waals surface area contributed by atoms with Gasteiger partial charge in [0.1, 0.15) is 17.1 Å². The van der Waals surface area contributed by atoms with Crippen molar-refractivity contribution in [1.82, 2.24) is 5.32 Å². The van der Waals surface area contributed by atoms with Gasteiger partial charge in [0.2, 0.25) is 0 Å². The molecule has 1 heterocycles. The van der Waals surface area contributed by atoms with Crippen LogP contribution in [0.2, 0.25) is 0 Å². The number of aryl methyl sites for hydroxylation is 1. The molecule has 0 aromatic carbocycles. The second-order valence-corrected chi connectivity index (χ2v) is 5.28. The molecule has 0 spiro atoms. The second-order valence-electron chi connectivity index (χ2n) is 4.37. The summed E-state index contributed by atoms with van der Waals surface area (Å²) in [7, 11) is 1.37. The van der Waals surface area contributed by atoms with Crippen molar-refractivity contribution in [2.24, 2.45) is 5.92 Å². The van der Waals surface area contributed by atoms with Crippen LogP contribution in [-0.4, -0.2) is 31.6 Å². The van der Waals surface area contributed by atoms with Crippen LogP contribution in [0, 0.1) is 12.8 Å². The summed E-state index contributed by atoms with van der Waals surface area (Å²) in [6.07, 6.45) is 2.11. The smallest absolute Gasteiger partial charge is 0.341 e. The molecule has 5 heteroatoms. The van der Waals surface area contributed by atoms with E-state index in [-0.39, 0.29) is 5.97 Å². The molecule has 0 amide bonds. The minimum Gasteiger partial charge on any atom is -0.465 e. The van der Waals surface area contributed by atoms with Crippen LogP contribution >= 0.6 is 11.8 Å². The molecule has 0 aliphatic heterocycles. The van der Waals surface area contributed by atoms with Crippen molar-refractivity contribution >= 4 is 17.7 Å². The Morgan fingerprint density at radius 2 is 2.33 bits per heavy atom. The highest BCUT2D eigenvalue weighted by Gasteiger charge is 2.15. The lowest BCUT2D eigenvalue weighted by Crippen LogP contribution is -2.21. The van der Waals surface area contributed by atoms with Gasteiger partial charge in [-0.3, -0.25) is 0 Å². The zero-order chi connectivity index (χ0) is 13.5. The van der Waals surface area contributed by atoms with E-state index in [1.54, 1.807) is 13.0 Å². The Bertz CT molecular complexity index is 390. The van der Waals surface area contributed by atoms with Crippen molar-refractivity contribution in [2.45, 2.75) is 20.4 Å². The van der Waals surface area contributed by atoms with Crippen molar-refractivity contribution < 1.29 is 13.9 Å². The lowest BCUT2D eigenvalue weighted by molar-refractivity contribution is 0.0599. The number of nitrogens with one attached hydrogen (secondary N) is 1. The number of thioether (sulfide) groups is 1. The largest absolute Gasteiger partial charge is 0.465 e. The van der Waals surface area contributed by atoms with Crippen molar-refractivity contribution in [3.63, 3.8) is 0 Å². The molecule has 1 N–H and O–H groups in total. The van der Waals surface area contributed by atoms with E-state index in [4.69, 9.17) is 4.42 Å². The van der Waals surface area contributed by atoms with Crippen LogP contribution in [0.15, 0.2) is 10.5 Å². The van der Waals surface area contributed by atoms with Crippen molar-refractivity contribution in [2.75, 3.05) is 25.7 Å². The Hall–Kier alpha value is -0.940. The number of ether oxygens (including phenoxy) is 1. The number of hydrogen-bond donors (Lipinski definition) is 1. The third-order valence-electron chi connectivity index (χ3n) is 2.62. The van der Waals surface area contributed by atoms with E-state index in [0.717, 1.165) is 18.1 Å². The third kappa shape index (κ3) is 4.38. The Labute approximate surface area is 112 Å². The van der Waals surface area contributed by atoms with Crippen molar-refractivity contribution in [3.8, 4) is 0 Å². The molecule has 102 valence electrons. The molecule has 0 fully saturated rings. The fourth-order valence-corrected chi connectivity index (χ4v) is 2.42. The lowest BCUT2D eigenvalue weighted by Gasteiger charge is -2.09. The van der Waals surface area contributed by atoms with E-state index in [0.29, 0.717) is 23.8 Å². The topological polar surface area (TPSA) is 51.5 Å². The maximum atomic E-state index is 11.4. The SMILES string of the molecule is COC(=O)c1cc(CNCC(C)CSC)oc1C. The highest BCUT2D eigenvalue weighted by molar-refractivity contribution is 7.98. The Kier molecular flexibility index (Phi) is 6.29. The molecule has 0 aliphatic rings. The first kappa shape index (κ1) is 15.1. The maximum Gasteiger partial charge on any atom is 0.341 e. The summed E-state index contributed by atoms with van der Waals surface area (Å²) >= 11 is 1.84. The summed E-state index contributed by atoms with van der Waals surface area (Å²) in [5, 5.41) is 3.32. The summed E-state index contributed by atoms with van der Waals surface area (Å²) in [5.74, 6) is 2.78. The van der Waals surface area contributed by atoms with Crippen LogP contribution in [0.25, 0.3) is 0 Å². The van der Waals surface area contributed by atoms with Gasteiger partial charge in [0.05, 0.1) is 13.7 Å². The van der Waals surface area contributed by atoms with Gasteiger partial charge in [-0.25, -0.2) is 4.79 Å². The number of hydrogen-bond acceptors (Lipinski definition) is 5. The monoisotopic (exact) mass is 271 g/mol. The van der Waals surface area contributed by atoms with Gasteiger partial charge in [-0.15, -0.1) is 0 Å². The third-order valence-corrected chi connectivity index (χ3v) is 3.52. The number of carbonyl (C=O) groups is 1. The Morgan fingerprint density at radius 3 is 2.94 bits per heavy atom. The molecule has 1 rings (SSSR count). The van der Waals surface area contributed by atoms with E-state index < -0.39 is 0 Å². The molecule has 1 unspecified atom stereocenters. The van der Waals surface area contributed by atoms with Crippen LogP contribution in [0.3, 0.4) is 0 Å². The van der Waals surface area contributed by atoms with Gasteiger partial charge in [-0.1, -0.05) is 6.92 Å². The second kappa shape index (κ2) is 7.48. The molecule has 0 saturated heterocycles.